The predicted octanol–water partition coefficient (Wildman–Crippen LogP) is 2.82. The molecule has 10 nitrogen and oxygen atoms in total. The minimum atomic E-state index is -0.678. The first kappa shape index (κ1) is 23.1. The number of rotatable bonds is 6. The summed E-state index contributed by atoms with van der Waals surface area (Å²) in [6, 6.07) is 13.5. The second-order valence-corrected chi connectivity index (χ2v) is 8.25. The van der Waals surface area contributed by atoms with Crippen LogP contribution in [0.5, 0.6) is 0 Å². The van der Waals surface area contributed by atoms with Gasteiger partial charge in [-0.05, 0) is 39.0 Å². The average Bonchev–Trinajstić information content (AvgIpc) is 3.09. The van der Waals surface area contributed by atoms with Gasteiger partial charge in [-0.1, -0.05) is 24.3 Å². The Morgan fingerprint density at radius 3 is 2.62 bits per heavy atom. The number of hydrogen-bond acceptors (Lipinski definition) is 6. The highest BCUT2D eigenvalue weighted by atomic mass is 16.6. The fraction of sp³-hybridized carbons (Fsp3) is 0.292. The smallest absolute Gasteiger partial charge is 0.274 e. The Balaban J connectivity index is 1.60. The number of para-hydroxylation sites is 1. The van der Waals surface area contributed by atoms with Gasteiger partial charge in [-0.3, -0.25) is 24.6 Å². The van der Waals surface area contributed by atoms with Gasteiger partial charge in [0.05, 0.1) is 34.1 Å². The van der Waals surface area contributed by atoms with Crippen LogP contribution < -0.4 is 10.6 Å². The number of nitro benzene ring substituents is 1. The van der Waals surface area contributed by atoms with Crippen molar-refractivity contribution in [1.82, 2.24) is 20.0 Å². The molecular weight excluding hydrogens is 436 g/mol. The average molecular weight is 463 g/mol. The lowest BCUT2D eigenvalue weighted by atomic mass is 10.00. The van der Waals surface area contributed by atoms with E-state index in [4.69, 9.17) is 0 Å². The zero-order chi connectivity index (χ0) is 24.4. The van der Waals surface area contributed by atoms with Crippen LogP contribution in [0.25, 0.3) is 5.69 Å². The highest BCUT2D eigenvalue weighted by Gasteiger charge is 2.36. The Kier molecular flexibility index (Phi) is 6.42. The molecular formula is C24H26N6O4. The van der Waals surface area contributed by atoms with Crippen molar-refractivity contribution in [3.8, 4) is 5.69 Å². The van der Waals surface area contributed by atoms with Crippen LogP contribution in [-0.2, 0) is 9.59 Å². The van der Waals surface area contributed by atoms with Gasteiger partial charge in [0.1, 0.15) is 6.04 Å². The quantitative estimate of drug-likeness (QED) is 0.429. The largest absolute Gasteiger partial charge is 0.353 e. The number of nitrogens with one attached hydrogen (secondary N) is 2. The van der Waals surface area contributed by atoms with Crippen molar-refractivity contribution in [1.29, 1.82) is 0 Å². The Bertz CT molecular complexity index is 1250. The van der Waals surface area contributed by atoms with E-state index in [1.807, 2.05) is 49.1 Å². The van der Waals surface area contributed by atoms with Gasteiger partial charge in [0.15, 0.2) is 0 Å². The van der Waals surface area contributed by atoms with Gasteiger partial charge in [0.2, 0.25) is 11.8 Å². The van der Waals surface area contributed by atoms with Crippen LogP contribution in [0, 0.1) is 30.9 Å². The predicted molar refractivity (Wildman–Crippen MR) is 127 cm³/mol. The first-order chi connectivity index (χ1) is 16.3. The molecule has 2 heterocycles. The summed E-state index contributed by atoms with van der Waals surface area (Å²) in [6.45, 7) is 6.21. The normalized spacial score (nSPS) is 16.2. The Hall–Kier alpha value is -4.05. The van der Waals surface area contributed by atoms with Crippen molar-refractivity contribution in [2.45, 2.75) is 26.8 Å². The van der Waals surface area contributed by atoms with Crippen molar-refractivity contribution in [2.24, 2.45) is 0 Å². The highest BCUT2D eigenvalue weighted by Crippen LogP contribution is 2.30. The van der Waals surface area contributed by atoms with Crippen LogP contribution in [-0.4, -0.2) is 51.1 Å². The van der Waals surface area contributed by atoms with Crippen LogP contribution in [0.2, 0.25) is 0 Å². The first-order valence-corrected chi connectivity index (χ1v) is 10.9. The number of nitro groups is 1. The number of aromatic nitrogens is 2. The summed E-state index contributed by atoms with van der Waals surface area (Å²) in [5.41, 5.74) is 3.88. The zero-order valence-corrected chi connectivity index (χ0v) is 19.2. The van der Waals surface area contributed by atoms with Crippen LogP contribution in [0.15, 0.2) is 48.5 Å². The summed E-state index contributed by atoms with van der Waals surface area (Å²) in [6.07, 6.45) is 0. The summed E-state index contributed by atoms with van der Waals surface area (Å²) in [5.74, 6) is -0.543. The molecule has 34 heavy (non-hydrogen) atoms. The van der Waals surface area contributed by atoms with Gasteiger partial charge in [0, 0.05) is 30.4 Å². The maximum atomic E-state index is 13.0. The lowest BCUT2D eigenvalue weighted by Gasteiger charge is -2.34. The third-order valence-electron chi connectivity index (χ3n) is 6.06. The molecule has 1 aliphatic rings. The molecule has 1 aromatic heterocycles. The minimum Gasteiger partial charge on any atom is -0.353 e. The fourth-order valence-corrected chi connectivity index (χ4v) is 4.40. The van der Waals surface area contributed by atoms with Gasteiger partial charge >= 0.3 is 0 Å². The van der Waals surface area contributed by atoms with Gasteiger partial charge in [-0.25, -0.2) is 4.68 Å². The molecule has 1 atom stereocenters. The van der Waals surface area contributed by atoms with Crippen LogP contribution in [0.3, 0.4) is 0 Å². The molecule has 0 spiro atoms. The first-order valence-electron chi connectivity index (χ1n) is 10.9. The van der Waals surface area contributed by atoms with E-state index in [-0.39, 0.29) is 24.0 Å². The van der Waals surface area contributed by atoms with Gasteiger partial charge in [0.25, 0.3) is 5.69 Å². The number of anilines is 1. The second kappa shape index (κ2) is 9.44. The van der Waals surface area contributed by atoms with E-state index in [0.717, 1.165) is 16.9 Å². The maximum absolute atomic E-state index is 13.0. The lowest BCUT2D eigenvalue weighted by molar-refractivity contribution is -0.385. The molecule has 2 aromatic carbocycles. The number of amides is 2. The van der Waals surface area contributed by atoms with Gasteiger partial charge in [-0.15, -0.1) is 0 Å². The third-order valence-corrected chi connectivity index (χ3v) is 6.06. The number of carbonyl (C=O) groups excluding carboxylic acids is 2. The third kappa shape index (κ3) is 4.40. The molecule has 2 N–H and O–H groups in total. The fourth-order valence-electron chi connectivity index (χ4n) is 4.40. The number of carbonyl (C=O) groups is 2. The molecule has 3 aromatic rings. The summed E-state index contributed by atoms with van der Waals surface area (Å²) in [7, 11) is 0. The van der Waals surface area contributed by atoms with E-state index in [1.54, 1.807) is 17.7 Å². The minimum absolute atomic E-state index is 0.0460. The Labute approximate surface area is 196 Å². The molecule has 2 amide bonds. The molecule has 1 aliphatic heterocycles. The van der Waals surface area contributed by atoms with E-state index in [2.05, 4.69) is 15.7 Å². The lowest BCUT2D eigenvalue weighted by Crippen LogP contribution is -2.52. The van der Waals surface area contributed by atoms with Gasteiger partial charge < -0.3 is 10.6 Å². The zero-order valence-electron chi connectivity index (χ0n) is 19.2. The molecule has 0 radical (unpaired) electrons. The topological polar surface area (TPSA) is 122 Å². The molecule has 1 unspecified atom stereocenters. The molecule has 0 bridgehead atoms. The summed E-state index contributed by atoms with van der Waals surface area (Å²) < 4.78 is 1.80. The van der Waals surface area contributed by atoms with Crippen LogP contribution in [0.4, 0.5) is 11.4 Å². The second-order valence-electron chi connectivity index (χ2n) is 8.25. The molecule has 176 valence electrons. The number of hydrogen-bond donors (Lipinski definition) is 2. The summed E-state index contributed by atoms with van der Waals surface area (Å²) >= 11 is 0. The van der Waals surface area contributed by atoms with E-state index in [0.29, 0.717) is 30.0 Å². The van der Waals surface area contributed by atoms with E-state index in [9.17, 15) is 19.7 Å². The van der Waals surface area contributed by atoms with Crippen molar-refractivity contribution in [3.63, 3.8) is 0 Å². The van der Waals surface area contributed by atoms with E-state index >= 15 is 0 Å². The van der Waals surface area contributed by atoms with E-state index in [1.165, 1.54) is 12.1 Å². The van der Waals surface area contributed by atoms with E-state index < -0.39 is 11.0 Å². The molecule has 1 fully saturated rings. The van der Waals surface area contributed by atoms with Crippen molar-refractivity contribution >= 4 is 23.2 Å². The monoisotopic (exact) mass is 462 g/mol. The van der Waals surface area contributed by atoms with Crippen molar-refractivity contribution in [2.75, 3.05) is 25.0 Å². The number of nitrogens with zero attached hydrogens (tertiary/aromatic N) is 4. The summed E-state index contributed by atoms with van der Waals surface area (Å²) in [4.78, 5) is 38.4. The summed E-state index contributed by atoms with van der Waals surface area (Å²) in [5, 5.41) is 21.5. The molecule has 1 saturated heterocycles. The molecule has 10 heteroatoms. The van der Waals surface area contributed by atoms with Crippen LogP contribution in [0.1, 0.15) is 28.6 Å². The number of aryl methyl sites for hydroxylation is 1. The van der Waals surface area contributed by atoms with Crippen molar-refractivity contribution in [3.05, 3.63) is 81.2 Å². The maximum Gasteiger partial charge on any atom is 0.274 e. The van der Waals surface area contributed by atoms with Crippen molar-refractivity contribution < 1.29 is 14.5 Å². The number of piperazine rings is 1. The highest BCUT2D eigenvalue weighted by molar-refractivity contribution is 5.94. The van der Waals surface area contributed by atoms with Crippen LogP contribution >= 0.6 is 0 Å². The molecule has 0 saturated carbocycles. The number of benzene rings is 2. The Morgan fingerprint density at radius 2 is 1.91 bits per heavy atom. The SMILES string of the molecule is Cc1nn(-c2ccccc2)c(C)c1C1C(=O)NCCN1CC(=O)Nc1cccc([N+](=O)[O-])c1C. The Morgan fingerprint density at radius 1 is 1.18 bits per heavy atom. The molecule has 4 rings (SSSR count). The van der Waals surface area contributed by atoms with Gasteiger partial charge in [-0.2, -0.15) is 5.10 Å². The molecule has 0 aliphatic carbocycles. The standard InChI is InChI=1S/C24H26N6O4/c1-15-19(10-7-11-20(15)30(33)34)26-21(31)14-28-13-12-25-24(32)23(28)22-16(2)27-29(17(22)3)18-8-5-4-6-9-18/h4-11,23H,12-14H2,1-3H3,(H,25,32)(H,26,31).